The first kappa shape index (κ1) is 15.8. The summed E-state index contributed by atoms with van der Waals surface area (Å²) < 4.78 is 5.16. The van der Waals surface area contributed by atoms with Gasteiger partial charge in [-0.1, -0.05) is 0 Å². The Morgan fingerprint density at radius 2 is 2.05 bits per heavy atom. The zero-order valence-electron chi connectivity index (χ0n) is 11.9. The van der Waals surface area contributed by atoms with E-state index in [0.29, 0.717) is 13.1 Å². The molecule has 0 aliphatic carbocycles. The second kappa shape index (κ2) is 6.75. The molecule has 6 nitrogen and oxygen atoms in total. The lowest BCUT2D eigenvalue weighted by Gasteiger charge is -2.31. The molecule has 3 N–H and O–H groups in total. The van der Waals surface area contributed by atoms with Crippen molar-refractivity contribution in [1.82, 2.24) is 10.6 Å². The van der Waals surface area contributed by atoms with E-state index in [2.05, 4.69) is 10.6 Å². The number of carboxylic acids is 1. The Hall–Kier alpha value is -1.30. The Bertz CT molecular complexity index is 325. The number of nitrogens with one attached hydrogen (secondary N) is 2. The summed E-state index contributed by atoms with van der Waals surface area (Å²) in [5, 5.41) is 14.8. The van der Waals surface area contributed by atoms with E-state index in [1.807, 2.05) is 20.8 Å². The molecule has 2 unspecified atom stereocenters. The van der Waals surface area contributed by atoms with Gasteiger partial charge < -0.3 is 20.5 Å². The van der Waals surface area contributed by atoms with Crippen LogP contribution in [-0.4, -0.2) is 42.4 Å². The van der Waals surface area contributed by atoms with Crippen LogP contribution in [0.2, 0.25) is 0 Å². The van der Waals surface area contributed by atoms with Crippen LogP contribution in [0.3, 0.4) is 0 Å². The van der Waals surface area contributed by atoms with Crippen LogP contribution in [0.5, 0.6) is 0 Å². The number of hydrogen-bond donors (Lipinski definition) is 3. The Balaban J connectivity index is 2.40. The molecule has 0 spiro atoms. The maximum absolute atomic E-state index is 11.6. The summed E-state index contributed by atoms with van der Waals surface area (Å²) in [4.78, 5) is 22.4. The van der Waals surface area contributed by atoms with Crippen molar-refractivity contribution in [2.45, 2.75) is 39.2 Å². The molecule has 0 saturated carbocycles. The number of ether oxygens (including phenoxy) is 1. The molecule has 0 aromatic rings. The van der Waals surface area contributed by atoms with Crippen molar-refractivity contribution in [1.29, 1.82) is 0 Å². The maximum atomic E-state index is 11.6. The van der Waals surface area contributed by atoms with Crippen molar-refractivity contribution < 1.29 is 19.4 Å². The molecule has 1 fully saturated rings. The van der Waals surface area contributed by atoms with Crippen LogP contribution in [0.15, 0.2) is 0 Å². The van der Waals surface area contributed by atoms with Gasteiger partial charge in [0.1, 0.15) is 5.60 Å². The average Bonchev–Trinajstić information content (AvgIpc) is 2.24. The van der Waals surface area contributed by atoms with Crippen molar-refractivity contribution in [3.63, 3.8) is 0 Å². The average molecular weight is 272 g/mol. The lowest BCUT2D eigenvalue weighted by atomic mass is 9.84. The normalized spacial score (nSPS) is 23.7. The quantitative estimate of drug-likeness (QED) is 0.716. The summed E-state index contributed by atoms with van der Waals surface area (Å²) in [5.74, 6) is -0.554. The van der Waals surface area contributed by atoms with Gasteiger partial charge in [0.05, 0.1) is 0 Å². The van der Waals surface area contributed by atoms with Crippen molar-refractivity contribution in [3.8, 4) is 0 Å². The minimum Gasteiger partial charge on any atom is -0.481 e. The lowest BCUT2D eigenvalue weighted by Crippen LogP contribution is -2.44. The van der Waals surface area contributed by atoms with Gasteiger partial charge >= 0.3 is 12.1 Å². The molecular formula is C13H24N2O4. The van der Waals surface area contributed by atoms with E-state index in [0.717, 1.165) is 13.0 Å². The number of carboxylic acid groups (broad SMARTS) is 1. The number of amides is 1. The molecule has 1 aliphatic rings. The van der Waals surface area contributed by atoms with Gasteiger partial charge in [0.2, 0.25) is 0 Å². The highest BCUT2D eigenvalue weighted by Crippen LogP contribution is 2.21. The lowest BCUT2D eigenvalue weighted by molar-refractivity contribution is -0.138. The number of aliphatic carboxylic acids is 1. The minimum absolute atomic E-state index is 0.0567. The molecular weight excluding hydrogens is 248 g/mol. The number of carbonyl (C=O) groups excluding carboxylic acids is 1. The minimum atomic E-state index is -0.795. The molecule has 2 atom stereocenters. The number of rotatable bonds is 4. The molecule has 1 saturated heterocycles. The number of piperidine rings is 1. The van der Waals surface area contributed by atoms with E-state index in [9.17, 15) is 9.59 Å². The second-order valence-corrected chi connectivity index (χ2v) is 5.99. The molecule has 1 rings (SSSR count). The van der Waals surface area contributed by atoms with Crippen LogP contribution in [0.4, 0.5) is 4.79 Å². The van der Waals surface area contributed by atoms with Gasteiger partial charge in [-0.25, -0.2) is 4.79 Å². The van der Waals surface area contributed by atoms with E-state index < -0.39 is 17.7 Å². The molecule has 19 heavy (non-hydrogen) atoms. The summed E-state index contributed by atoms with van der Waals surface area (Å²) in [5.41, 5.74) is -0.515. The van der Waals surface area contributed by atoms with Gasteiger partial charge in [0.25, 0.3) is 0 Å². The molecule has 110 valence electrons. The molecule has 0 aromatic carbocycles. The number of hydrogen-bond acceptors (Lipinski definition) is 4. The van der Waals surface area contributed by atoms with Crippen molar-refractivity contribution >= 4 is 12.1 Å². The largest absolute Gasteiger partial charge is 0.481 e. The highest BCUT2D eigenvalue weighted by atomic mass is 16.6. The van der Waals surface area contributed by atoms with Crippen LogP contribution >= 0.6 is 0 Å². The fourth-order valence-corrected chi connectivity index (χ4v) is 2.24. The predicted octanol–water partition coefficient (Wildman–Crippen LogP) is 1.21. The molecule has 1 aliphatic heterocycles. The fraction of sp³-hybridized carbons (Fsp3) is 0.846. The van der Waals surface area contributed by atoms with Gasteiger partial charge in [-0.2, -0.15) is 0 Å². The van der Waals surface area contributed by atoms with E-state index in [1.165, 1.54) is 0 Å². The number of alkyl carbamates (subject to hydrolysis) is 1. The fourth-order valence-electron chi connectivity index (χ4n) is 2.24. The van der Waals surface area contributed by atoms with Crippen LogP contribution < -0.4 is 10.6 Å². The Morgan fingerprint density at radius 1 is 1.37 bits per heavy atom. The Kier molecular flexibility index (Phi) is 5.60. The molecule has 0 aromatic heterocycles. The predicted molar refractivity (Wildman–Crippen MR) is 71.0 cm³/mol. The van der Waals surface area contributed by atoms with E-state index in [-0.39, 0.29) is 18.3 Å². The third-order valence-corrected chi connectivity index (χ3v) is 3.11. The first-order valence-corrected chi connectivity index (χ1v) is 6.67. The summed E-state index contributed by atoms with van der Waals surface area (Å²) in [7, 11) is 0. The van der Waals surface area contributed by atoms with Gasteiger partial charge in [-0.3, -0.25) is 4.79 Å². The Morgan fingerprint density at radius 3 is 2.63 bits per heavy atom. The van der Waals surface area contributed by atoms with Crippen LogP contribution in [-0.2, 0) is 9.53 Å². The number of carbonyl (C=O) groups is 2. The second-order valence-electron chi connectivity index (χ2n) is 5.99. The van der Waals surface area contributed by atoms with Gasteiger partial charge in [0, 0.05) is 13.0 Å². The van der Waals surface area contributed by atoms with E-state index in [1.54, 1.807) is 0 Å². The van der Waals surface area contributed by atoms with Crippen LogP contribution in [0.1, 0.15) is 33.6 Å². The monoisotopic (exact) mass is 272 g/mol. The Labute approximate surface area is 113 Å². The molecule has 0 bridgehead atoms. The summed E-state index contributed by atoms with van der Waals surface area (Å²) in [6, 6.07) is 0. The molecule has 0 radical (unpaired) electrons. The SMILES string of the molecule is CC(C)(C)OC(=O)NCC1CCNCC1CC(=O)O. The zero-order chi connectivity index (χ0) is 14.5. The highest BCUT2D eigenvalue weighted by Gasteiger charge is 2.27. The van der Waals surface area contributed by atoms with Crippen LogP contribution in [0, 0.1) is 11.8 Å². The van der Waals surface area contributed by atoms with Crippen molar-refractivity contribution in [2.75, 3.05) is 19.6 Å². The molecule has 1 heterocycles. The van der Waals surface area contributed by atoms with E-state index >= 15 is 0 Å². The summed E-state index contributed by atoms with van der Waals surface area (Å²) >= 11 is 0. The third kappa shape index (κ3) is 6.42. The third-order valence-electron chi connectivity index (χ3n) is 3.11. The maximum Gasteiger partial charge on any atom is 0.407 e. The topological polar surface area (TPSA) is 87.7 Å². The molecule has 6 heteroatoms. The summed E-state index contributed by atoms with van der Waals surface area (Å²) in [6.45, 7) is 7.44. The first-order chi connectivity index (χ1) is 8.78. The summed E-state index contributed by atoms with van der Waals surface area (Å²) in [6.07, 6.45) is 0.557. The van der Waals surface area contributed by atoms with Gasteiger partial charge in [-0.05, 0) is 52.1 Å². The van der Waals surface area contributed by atoms with Gasteiger partial charge in [0.15, 0.2) is 0 Å². The smallest absolute Gasteiger partial charge is 0.407 e. The van der Waals surface area contributed by atoms with Crippen molar-refractivity contribution in [2.24, 2.45) is 11.8 Å². The molecule has 1 amide bonds. The first-order valence-electron chi connectivity index (χ1n) is 6.67. The standard InChI is InChI=1S/C13H24N2O4/c1-13(2,3)19-12(18)15-8-9-4-5-14-7-10(9)6-11(16)17/h9-10,14H,4-8H2,1-3H3,(H,15,18)(H,16,17). The zero-order valence-corrected chi connectivity index (χ0v) is 11.9. The highest BCUT2D eigenvalue weighted by molar-refractivity contribution is 5.68. The van der Waals surface area contributed by atoms with Crippen molar-refractivity contribution in [3.05, 3.63) is 0 Å². The van der Waals surface area contributed by atoms with Gasteiger partial charge in [-0.15, -0.1) is 0 Å². The van der Waals surface area contributed by atoms with E-state index in [4.69, 9.17) is 9.84 Å². The van der Waals surface area contributed by atoms with Crippen LogP contribution in [0.25, 0.3) is 0 Å².